The Hall–Kier alpha value is -5.56. The minimum absolute atomic E-state index is 0.0437. The zero-order chi connectivity index (χ0) is 35.4. The molecular weight excluding hydrogens is 620 g/mol. The summed E-state index contributed by atoms with van der Waals surface area (Å²) in [7, 11) is 3.38. The first kappa shape index (κ1) is 34.3. The van der Waals surface area contributed by atoms with Crippen LogP contribution < -0.4 is 19.3 Å². The predicted octanol–water partition coefficient (Wildman–Crippen LogP) is 10.5. The van der Waals surface area contributed by atoms with Crippen LogP contribution in [0.3, 0.4) is 0 Å². The SMILES string of the molecule is COc1ccc(C)c(N(c2ccc(-c3ccc(N(c4cc(CO)ccc4C)c4cc(CO)ccc4C)cc3)cc2)c2cc(OC)ccc2C)c1. The van der Waals surface area contributed by atoms with Crippen LogP contribution in [0.15, 0.2) is 121 Å². The van der Waals surface area contributed by atoms with Crippen molar-refractivity contribution in [2.45, 2.75) is 40.9 Å². The molecule has 6 aromatic carbocycles. The molecule has 254 valence electrons. The van der Waals surface area contributed by atoms with Crippen LogP contribution >= 0.6 is 0 Å². The lowest BCUT2D eigenvalue weighted by Crippen LogP contribution is -2.13. The standard InChI is InChI=1S/C44H44N2O4/c1-29-7-11-33(27-47)23-41(29)45(42-24-34(28-48)12-8-30(42)2)37-17-13-35(14-18-37)36-15-19-38(20-16-36)46(43-25-39(49-5)21-9-31(43)3)44-26-40(50-6)22-10-32(44)4/h7-26,47-48H,27-28H2,1-6H3. The summed E-state index contributed by atoms with van der Waals surface area (Å²) in [6, 6.07) is 41.5. The van der Waals surface area contributed by atoms with Crippen molar-refractivity contribution in [3.8, 4) is 22.6 Å². The minimum atomic E-state index is -0.0437. The maximum atomic E-state index is 9.97. The predicted molar refractivity (Wildman–Crippen MR) is 205 cm³/mol. The van der Waals surface area contributed by atoms with Crippen LogP contribution in [0.4, 0.5) is 34.1 Å². The summed E-state index contributed by atoms with van der Waals surface area (Å²) in [5.74, 6) is 1.58. The Labute approximate surface area is 295 Å². The van der Waals surface area contributed by atoms with Crippen LogP contribution in [0.2, 0.25) is 0 Å². The smallest absolute Gasteiger partial charge is 0.120 e. The third-order valence-corrected chi connectivity index (χ3v) is 9.29. The van der Waals surface area contributed by atoms with E-state index in [9.17, 15) is 10.2 Å². The summed E-state index contributed by atoms with van der Waals surface area (Å²) < 4.78 is 11.3. The van der Waals surface area contributed by atoms with Crippen molar-refractivity contribution in [2.75, 3.05) is 24.0 Å². The molecule has 0 atom stereocenters. The summed E-state index contributed by atoms with van der Waals surface area (Å²) in [6.07, 6.45) is 0. The summed E-state index contributed by atoms with van der Waals surface area (Å²) in [6.45, 7) is 8.29. The Morgan fingerprint density at radius 2 is 0.740 bits per heavy atom. The summed E-state index contributed by atoms with van der Waals surface area (Å²) >= 11 is 0. The van der Waals surface area contributed by atoms with Gasteiger partial charge in [-0.15, -0.1) is 0 Å². The number of aryl methyl sites for hydroxylation is 4. The minimum Gasteiger partial charge on any atom is -0.497 e. The van der Waals surface area contributed by atoms with E-state index >= 15 is 0 Å². The van der Waals surface area contributed by atoms with E-state index < -0.39 is 0 Å². The Bertz CT molecular complexity index is 1850. The largest absolute Gasteiger partial charge is 0.497 e. The molecule has 2 N–H and O–H groups in total. The molecule has 0 heterocycles. The quantitative estimate of drug-likeness (QED) is 0.144. The number of anilines is 6. The van der Waals surface area contributed by atoms with E-state index in [2.05, 4.69) is 110 Å². The van der Waals surface area contributed by atoms with Crippen molar-refractivity contribution >= 4 is 34.1 Å². The second-order valence-corrected chi connectivity index (χ2v) is 12.6. The highest BCUT2D eigenvalue weighted by Crippen LogP contribution is 2.43. The van der Waals surface area contributed by atoms with Crippen molar-refractivity contribution < 1.29 is 19.7 Å². The van der Waals surface area contributed by atoms with Gasteiger partial charge in [-0.3, -0.25) is 0 Å². The highest BCUT2D eigenvalue weighted by Gasteiger charge is 2.20. The van der Waals surface area contributed by atoms with Gasteiger partial charge in [0.1, 0.15) is 11.5 Å². The lowest BCUT2D eigenvalue weighted by Gasteiger charge is -2.30. The summed E-state index contributed by atoms with van der Waals surface area (Å²) in [5.41, 5.74) is 14.3. The second kappa shape index (κ2) is 14.9. The van der Waals surface area contributed by atoms with E-state index in [0.717, 1.165) is 90.1 Å². The molecule has 0 aromatic heterocycles. The Balaban J connectivity index is 1.40. The molecule has 0 amide bonds. The van der Waals surface area contributed by atoms with Crippen molar-refractivity contribution in [1.29, 1.82) is 0 Å². The lowest BCUT2D eigenvalue weighted by molar-refractivity contribution is 0.281. The average molecular weight is 665 g/mol. The van der Waals surface area contributed by atoms with E-state index in [1.807, 2.05) is 48.5 Å². The third-order valence-electron chi connectivity index (χ3n) is 9.29. The normalized spacial score (nSPS) is 11.0. The fraction of sp³-hybridized carbons (Fsp3) is 0.182. The summed E-state index contributed by atoms with van der Waals surface area (Å²) in [5, 5.41) is 19.9. The highest BCUT2D eigenvalue weighted by atomic mass is 16.5. The maximum absolute atomic E-state index is 9.97. The number of ether oxygens (including phenoxy) is 2. The monoisotopic (exact) mass is 664 g/mol. The zero-order valence-corrected chi connectivity index (χ0v) is 29.6. The Kier molecular flexibility index (Phi) is 10.2. The Morgan fingerprint density at radius 1 is 0.420 bits per heavy atom. The van der Waals surface area contributed by atoms with E-state index in [-0.39, 0.29) is 13.2 Å². The first-order valence-corrected chi connectivity index (χ1v) is 16.8. The molecule has 6 heteroatoms. The maximum Gasteiger partial charge on any atom is 0.120 e. The van der Waals surface area contributed by atoms with Gasteiger partial charge in [-0.25, -0.2) is 0 Å². The average Bonchev–Trinajstić information content (AvgIpc) is 3.15. The van der Waals surface area contributed by atoms with Crippen molar-refractivity contribution in [2.24, 2.45) is 0 Å². The number of hydrogen-bond donors (Lipinski definition) is 2. The first-order chi connectivity index (χ1) is 24.2. The molecule has 50 heavy (non-hydrogen) atoms. The van der Waals surface area contributed by atoms with Crippen molar-refractivity contribution in [3.05, 3.63) is 155 Å². The molecule has 0 spiro atoms. The van der Waals surface area contributed by atoms with Crippen molar-refractivity contribution in [1.82, 2.24) is 0 Å². The zero-order valence-electron chi connectivity index (χ0n) is 29.6. The molecule has 0 aliphatic carbocycles. The fourth-order valence-corrected chi connectivity index (χ4v) is 6.32. The lowest BCUT2D eigenvalue weighted by atomic mass is 10.0. The molecule has 0 fully saturated rings. The van der Waals surface area contributed by atoms with Gasteiger partial charge in [0, 0.05) is 34.9 Å². The van der Waals surface area contributed by atoms with E-state index in [4.69, 9.17) is 9.47 Å². The summed E-state index contributed by atoms with van der Waals surface area (Å²) in [4.78, 5) is 4.47. The molecule has 0 unspecified atom stereocenters. The molecule has 0 saturated carbocycles. The van der Waals surface area contributed by atoms with Gasteiger partial charge in [0.15, 0.2) is 0 Å². The molecule has 6 rings (SSSR count). The molecule has 0 aliphatic heterocycles. The number of rotatable bonds is 11. The molecule has 0 bridgehead atoms. The van der Waals surface area contributed by atoms with E-state index in [1.165, 1.54) is 0 Å². The van der Waals surface area contributed by atoms with Gasteiger partial charge in [0.2, 0.25) is 0 Å². The molecule has 0 aliphatic rings. The van der Waals surface area contributed by atoms with Gasteiger partial charge >= 0.3 is 0 Å². The van der Waals surface area contributed by atoms with E-state index in [1.54, 1.807) is 14.2 Å². The fourth-order valence-electron chi connectivity index (χ4n) is 6.32. The van der Waals surface area contributed by atoms with Gasteiger partial charge < -0.3 is 29.5 Å². The number of aliphatic hydroxyl groups excluding tert-OH is 2. The van der Waals surface area contributed by atoms with Gasteiger partial charge in [0.05, 0.1) is 38.8 Å². The molecular formula is C44H44N2O4. The van der Waals surface area contributed by atoms with Crippen molar-refractivity contribution in [3.63, 3.8) is 0 Å². The van der Waals surface area contributed by atoms with Gasteiger partial charge in [-0.1, -0.05) is 60.7 Å². The Morgan fingerprint density at radius 3 is 1.06 bits per heavy atom. The number of aliphatic hydroxyl groups is 2. The van der Waals surface area contributed by atoms with Crippen LogP contribution in [-0.4, -0.2) is 24.4 Å². The molecule has 6 aromatic rings. The third kappa shape index (κ3) is 6.95. The van der Waals surface area contributed by atoms with Crippen LogP contribution in [0, 0.1) is 27.7 Å². The number of nitrogens with zero attached hydrogens (tertiary/aromatic N) is 2. The number of methoxy groups -OCH3 is 2. The van der Waals surface area contributed by atoms with Crippen LogP contribution in [0.1, 0.15) is 33.4 Å². The molecule has 0 radical (unpaired) electrons. The topological polar surface area (TPSA) is 65.4 Å². The second-order valence-electron chi connectivity index (χ2n) is 12.6. The molecule has 0 saturated heterocycles. The van der Waals surface area contributed by atoms with Gasteiger partial charge in [-0.05, 0) is 121 Å². The highest BCUT2D eigenvalue weighted by molar-refractivity contribution is 5.84. The van der Waals surface area contributed by atoms with Crippen LogP contribution in [0.5, 0.6) is 11.5 Å². The first-order valence-electron chi connectivity index (χ1n) is 16.8. The van der Waals surface area contributed by atoms with E-state index in [0.29, 0.717) is 0 Å². The van der Waals surface area contributed by atoms with Crippen LogP contribution in [0.25, 0.3) is 11.1 Å². The van der Waals surface area contributed by atoms with Gasteiger partial charge in [-0.2, -0.15) is 0 Å². The van der Waals surface area contributed by atoms with Crippen LogP contribution in [-0.2, 0) is 13.2 Å². The number of hydrogen-bond acceptors (Lipinski definition) is 6. The molecule has 6 nitrogen and oxygen atoms in total. The number of benzene rings is 6. The van der Waals surface area contributed by atoms with Gasteiger partial charge in [0.25, 0.3) is 0 Å².